The van der Waals surface area contributed by atoms with Crippen LogP contribution in [0.4, 0.5) is 0 Å². The molecule has 1 N–H and O–H groups in total. The maximum atomic E-state index is 13.3. The van der Waals surface area contributed by atoms with Crippen molar-refractivity contribution < 1.29 is 27.4 Å². The van der Waals surface area contributed by atoms with E-state index in [4.69, 9.17) is 14.2 Å². The van der Waals surface area contributed by atoms with Gasteiger partial charge in [0.25, 0.3) is 0 Å². The molecule has 2 aliphatic heterocycles. The van der Waals surface area contributed by atoms with Gasteiger partial charge in [-0.05, 0) is 60.7 Å². The van der Waals surface area contributed by atoms with Gasteiger partial charge >= 0.3 is 0 Å². The van der Waals surface area contributed by atoms with Crippen molar-refractivity contribution in [3.63, 3.8) is 0 Å². The molecule has 2 aromatic rings. The highest BCUT2D eigenvalue weighted by Crippen LogP contribution is 2.35. The smallest absolute Gasteiger partial charge is 0.243 e. The summed E-state index contributed by atoms with van der Waals surface area (Å²) in [5, 5.41) is 3.16. The van der Waals surface area contributed by atoms with Gasteiger partial charge in [0.15, 0.2) is 11.5 Å². The highest BCUT2D eigenvalue weighted by molar-refractivity contribution is 7.89. The predicted molar refractivity (Wildman–Crippen MR) is 128 cm³/mol. The van der Waals surface area contributed by atoms with E-state index in [0.29, 0.717) is 49.8 Å². The zero-order valence-electron chi connectivity index (χ0n) is 19.8. The first-order valence-corrected chi connectivity index (χ1v) is 13.1. The molecule has 0 radical (unpaired) electrons. The predicted octanol–water partition coefficient (Wildman–Crippen LogP) is 3.38. The lowest BCUT2D eigenvalue weighted by Crippen LogP contribution is -2.46. The fourth-order valence-electron chi connectivity index (χ4n) is 4.43. The maximum absolute atomic E-state index is 13.3. The fourth-order valence-corrected chi connectivity index (χ4v) is 5.95. The molecule has 2 aliphatic rings. The summed E-state index contributed by atoms with van der Waals surface area (Å²) in [6, 6.07) is 11.8. The summed E-state index contributed by atoms with van der Waals surface area (Å²) in [4.78, 5) is 13.5. The highest BCUT2D eigenvalue weighted by atomic mass is 32.2. The Bertz CT molecular complexity index is 1120. The number of sulfonamides is 1. The molecule has 0 spiro atoms. The molecule has 0 bridgehead atoms. The number of methoxy groups -OCH3 is 1. The molecule has 2 atom stereocenters. The second kappa shape index (κ2) is 10.2. The van der Waals surface area contributed by atoms with Crippen LogP contribution in [0.5, 0.6) is 17.2 Å². The molecule has 1 fully saturated rings. The number of nitrogens with zero attached hydrogens (tertiary/aromatic N) is 1. The number of nitrogens with one attached hydrogen (secondary N) is 1. The van der Waals surface area contributed by atoms with E-state index in [9.17, 15) is 13.2 Å². The third-order valence-electron chi connectivity index (χ3n) is 6.34. The summed E-state index contributed by atoms with van der Waals surface area (Å²) in [6.07, 6.45) is 1.27. The van der Waals surface area contributed by atoms with Crippen molar-refractivity contribution in [3.8, 4) is 17.2 Å². The number of ether oxygens (including phenoxy) is 3. The zero-order valence-corrected chi connectivity index (χ0v) is 20.6. The number of hydrogen-bond acceptors (Lipinski definition) is 6. The Morgan fingerprint density at radius 1 is 1.09 bits per heavy atom. The molecule has 8 nitrogen and oxygen atoms in total. The van der Waals surface area contributed by atoms with Gasteiger partial charge in [0.2, 0.25) is 15.9 Å². The van der Waals surface area contributed by atoms with Gasteiger partial charge in [0, 0.05) is 13.1 Å². The van der Waals surface area contributed by atoms with Gasteiger partial charge in [-0.25, -0.2) is 8.42 Å². The Kier molecular flexibility index (Phi) is 7.33. The number of fused-ring (bicyclic) bond motifs is 1. The van der Waals surface area contributed by atoms with Gasteiger partial charge in [-0.2, -0.15) is 4.31 Å². The summed E-state index contributed by atoms with van der Waals surface area (Å²) in [5.74, 6) is 1.56. The van der Waals surface area contributed by atoms with Crippen molar-refractivity contribution in [1.29, 1.82) is 0 Å². The van der Waals surface area contributed by atoms with Gasteiger partial charge in [-0.15, -0.1) is 0 Å². The molecule has 4 rings (SSSR count). The fraction of sp³-hybridized carbons (Fsp3) is 0.480. The van der Waals surface area contributed by atoms with Gasteiger partial charge in [0.1, 0.15) is 19.0 Å². The molecule has 2 aromatic carbocycles. The monoisotopic (exact) mass is 488 g/mol. The molecule has 1 saturated heterocycles. The number of rotatable bonds is 7. The molecule has 2 heterocycles. The Labute approximate surface area is 201 Å². The first-order chi connectivity index (χ1) is 16.3. The van der Waals surface area contributed by atoms with Crippen LogP contribution < -0.4 is 19.5 Å². The lowest BCUT2D eigenvalue weighted by Gasteiger charge is -2.33. The van der Waals surface area contributed by atoms with Crippen molar-refractivity contribution in [2.75, 3.05) is 33.4 Å². The molecule has 9 heteroatoms. The Balaban J connectivity index is 1.47. The standard InChI is InChI=1S/C25H32N2O6S/c1-17(2)24(18-6-11-22-23(15-18)33-14-13-32-22)26-25(28)19-5-4-12-27(16-19)34(29,30)21-9-7-20(31-3)8-10-21/h6-11,15,17,19,24H,4-5,12-14,16H2,1-3H3,(H,26,28). The number of carbonyl (C=O) groups is 1. The minimum atomic E-state index is -3.69. The average molecular weight is 489 g/mol. The van der Waals surface area contributed by atoms with Crippen molar-refractivity contribution in [2.24, 2.45) is 11.8 Å². The molecule has 34 heavy (non-hydrogen) atoms. The van der Waals surface area contributed by atoms with E-state index >= 15 is 0 Å². The van der Waals surface area contributed by atoms with Crippen LogP contribution in [0.2, 0.25) is 0 Å². The van der Waals surface area contributed by atoms with Crippen LogP contribution in [0.15, 0.2) is 47.4 Å². The second-order valence-electron chi connectivity index (χ2n) is 9.01. The second-order valence-corrected chi connectivity index (χ2v) is 10.9. The third kappa shape index (κ3) is 5.15. The lowest BCUT2D eigenvalue weighted by molar-refractivity contribution is -0.127. The largest absolute Gasteiger partial charge is 0.497 e. The van der Waals surface area contributed by atoms with Crippen molar-refractivity contribution in [3.05, 3.63) is 48.0 Å². The minimum Gasteiger partial charge on any atom is -0.497 e. The normalized spacial score (nSPS) is 19.5. The topological polar surface area (TPSA) is 94.2 Å². The molecule has 0 aliphatic carbocycles. The lowest BCUT2D eigenvalue weighted by atomic mass is 9.93. The number of benzene rings is 2. The molecule has 0 aromatic heterocycles. The quantitative estimate of drug-likeness (QED) is 0.642. The Morgan fingerprint density at radius 2 is 1.79 bits per heavy atom. The number of amides is 1. The van der Waals surface area contributed by atoms with Gasteiger partial charge < -0.3 is 19.5 Å². The molecule has 1 amide bonds. The molecule has 0 saturated carbocycles. The van der Waals surface area contributed by atoms with Crippen LogP contribution in [0.25, 0.3) is 0 Å². The minimum absolute atomic E-state index is 0.134. The van der Waals surface area contributed by atoms with Crippen molar-refractivity contribution >= 4 is 15.9 Å². The number of piperidine rings is 1. The van der Waals surface area contributed by atoms with E-state index in [1.54, 1.807) is 12.1 Å². The van der Waals surface area contributed by atoms with Gasteiger partial charge in [0.05, 0.1) is 24.0 Å². The highest BCUT2D eigenvalue weighted by Gasteiger charge is 2.34. The van der Waals surface area contributed by atoms with Crippen LogP contribution in [0, 0.1) is 11.8 Å². The summed E-state index contributed by atoms with van der Waals surface area (Å²) in [6.45, 7) is 5.66. The van der Waals surface area contributed by atoms with Gasteiger partial charge in [-0.3, -0.25) is 4.79 Å². The van der Waals surface area contributed by atoms with E-state index < -0.39 is 15.9 Å². The zero-order chi connectivity index (χ0) is 24.3. The van der Waals surface area contributed by atoms with E-state index in [-0.39, 0.29) is 29.3 Å². The summed E-state index contributed by atoms with van der Waals surface area (Å²) >= 11 is 0. The first kappa shape index (κ1) is 24.3. The Morgan fingerprint density at radius 3 is 2.47 bits per heavy atom. The molecule has 184 valence electrons. The third-order valence-corrected chi connectivity index (χ3v) is 8.22. The maximum Gasteiger partial charge on any atom is 0.243 e. The summed E-state index contributed by atoms with van der Waals surface area (Å²) in [5.41, 5.74) is 0.936. The van der Waals surface area contributed by atoms with Crippen LogP contribution in [-0.2, 0) is 14.8 Å². The van der Waals surface area contributed by atoms with Crippen LogP contribution in [-0.4, -0.2) is 52.0 Å². The van der Waals surface area contributed by atoms with E-state index in [0.717, 1.165) is 5.56 Å². The van der Waals surface area contributed by atoms with E-state index in [2.05, 4.69) is 5.32 Å². The number of carbonyl (C=O) groups excluding carboxylic acids is 1. The first-order valence-electron chi connectivity index (χ1n) is 11.6. The average Bonchev–Trinajstić information content (AvgIpc) is 2.86. The van der Waals surface area contributed by atoms with E-state index in [1.165, 1.54) is 23.5 Å². The molecular formula is C25H32N2O6S. The van der Waals surface area contributed by atoms with E-state index in [1.807, 2.05) is 32.0 Å². The number of hydrogen-bond donors (Lipinski definition) is 1. The van der Waals surface area contributed by atoms with Gasteiger partial charge in [-0.1, -0.05) is 19.9 Å². The molecular weight excluding hydrogens is 456 g/mol. The summed E-state index contributed by atoms with van der Waals surface area (Å²) in [7, 11) is -2.16. The van der Waals surface area contributed by atoms with Crippen molar-refractivity contribution in [2.45, 2.75) is 37.6 Å². The van der Waals surface area contributed by atoms with Crippen LogP contribution in [0.1, 0.15) is 38.3 Å². The van der Waals surface area contributed by atoms with Crippen LogP contribution in [0.3, 0.4) is 0 Å². The SMILES string of the molecule is COc1ccc(S(=O)(=O)N2CCCC(C(=O)NC(c3ccc4c(c3)OCCO4)C(C)C)C2)cc1. The van der Waals surface area contributed by atoms with Crippen molar-refractivity contribution in [1.82, 2.24) is 9.62 Å². The summed E-state index contributed by atoms with van der Waals surface area (Å²) < 4.78 is 44.2. The molecule has 2 unspecified atom stereocenters. The Hall–Kier alpha value is -2.78. The van der Waals surface area contributed by atoms with Crippen LogP contribution >= 0.6 is 0 Å².